The van der Waals surface area contributed by atoms with Crippen LogP contribution in [0.25, 0.3) is 0 Å². The number of methoxy groups -OCH3 is 1. The van der Waals surface area contributed by atoms with Crippen LogP contribution in [0.15, 0.2) is 35.3 Å². The number of likely N-dealkylation sites (tertiary alicyclic amines) is 1. The number of nitrogens with one attached hydrogen (secondary N) is 1. The summed E-state index contributed by atoms with van der Waals surface area (Å²) in [7, 11) is 2.20. The fraction of sp³-hybridized carbons (Fsp3) is 0.743. The Bertz CT molecular complexity index is 1090. The summed E-state index contributed by atoms with van der Waals surface area (Å²) >= 11 is 0. The molecule has 1 aromatic rings. The van der Waals surface area contributed by atoms with Crippen LogP contribution in [0, 0.1) is 23.3 Å². The lowest BCUT2D eigenvalue weighted by atomic mass is 9.74. The van der Waals surface area contributed by atoms with E-state index in [1.54, 1.807) is 19.1 Å². The first-order valence-electron chi connectivity index (χ1n) is 17.2. The lowest BCUT2D eigenvalue weighted by Gasteiger charge is -2.44. The average molecular weight is 642 g/mol. The maximum absolute atomic E-state index is 12.9. The van der Waals surface area contributed by atoms with E-state index in [-0.39, 0.29) is 18.1 Å². The third-order valence-corrected chi connectivity index (χ3v) is 11.2. The smallest absolute Gasteiger partial charge is 0.409 e. The summed E-state index contributed by atoms with van der Waals surface area (Å²) in [5, 5.41) is 25.7. The van der Waals surface area contributed by atoms with Gasteiger partial charge in [-0.3, -0.25) is 0 Å². The van der Waals surface area contributed by atoms with Crippen molar-refractivity contribution >= 4 is 20.1 Å². The number of benzene rings is 1. The molecule has 0 unspecified atom stereocenters. The molecule has 0 aromatic heterocycles. The quantitative estimate of drug-likeness (QED) is 0.0732. The third kappa shape index (κ3) is 12.3. The zero-order valence-corrected chi connectivity index (χ0v) is 29.6. The lowest BCUT2D eigenvalue weighted by Crippen LogP contribution is -2.55. The summed E-state index contributed by atoms with van der Waals surface area (Å²) in [5.74, 6) is 1.08. The molecule has 1 aliphatic heterocycles. The Balaban J connectivity index is 1.76. The molecule has 1 aliphatic carbocycles. The minimum atomic E-state index is -1.31. The van der Waals surface area contributed by atoms with E-state index in [9.17, 15) is 15.2 Å². The summed E-state index contributed by atoms with van der Waals surface area (Å²) in [4.78, 5) is 21.0. The van der Waals surface area contributed by atoms with Crippen molar-refractivity contribution in [1.82, 2.24) is 15.1 Å². The third-order valence-electron chi connectivity index (χ3n) is 9.54. The van der Waals surface area contributed by atoms with Crippen LogP contribution in [0.5, 0.6) is 0 Å². The number of nitrogens with zero attached hydrogens (tertiary/aromatic N) is 4. The van der Waals surface area contributed by atoms with Gasteiger partial charge in [-0.1, -0.05) is 82.1 Å². The highest BCUT2D eigenvalue weighted by atomic mass is 28.3. The zero-order valence-electron chi connectivity index (χ0n) is 28.6. The number of unbranched alkanes of at least 4 members (excludes halogenated alkanes) is 1. The van der Waals surface area contributed by atoms with Gasteiger partial charge in [0.25, 0.3) is 0 Å². The fourth-order valence-corrected chi connectivity index (χ4v) is 7.61. The minimum absolute atomic E-state index is 0.0253. The molecule has 45 heavy (non-hydrogen) atoms. The molecule has 252 valence electrons. The fourth-order valence-electron chi connectivity index (χ4n) is 6.90. The van der Waals surface area contributed by atoms with Gasteiger partial charge in [0.15, 0.2) is 0 Å². The van der Waals surface area contributed by atoms with Crippen molar-refractivity contribution in [1.29, 1.82) is 5.26 Å². The minimum Gasteiger partial charge on any atom is -0.450 e. The number of likely N-dealkylation sites (N-methyl/N-ethyl adjacent to an activating group) is 1. The van der Waals surface area contributed by atoms with Crippen LogP contribution in [0.4, 0.5) is 4.79 Å². The van der Waals surface area contributed by atoms with Crippen LogP contribution in [0.1, 0.15) is 76.2 Å². The second-order valence-electron chi connectivity index (χ2n) is 14.4. The first-order valence-corrected chi connectivity index (χ1v) is 20.9. The van der Waals surface area contributed by atoms with Gasteiger partial charge in [0.1, 0.15) is 0 Å². The van der Waals surface area contributed by atoms with Crippen molar-refractivity contribution < 1.29 is 19.4 Å². The second-order valence-corrected chi connectivity index (χ2v) is 20.1. The van der Waals surface area contributed by atoms with Gasteiger partial charge in [-0.05, 0) is 56.1 Å². The van der Waals surface area contributed by atoms with Crippen molar-refractivity contribution in [2.45, 2.75) is 108 Å². The molecule has 0 radical (unpaired) electrons. The van der Waals surface area contributed by atoms with E-state index in [1.807, 2.05) is 36.5 Å². The Morgan fingerprint density at radius 3 is 2.56 bits per heavy atom. The van der Waals surface area contributed by atoms with Gasteiger partial charge < -0.3 is 29.7 Å². The first-order chi connectivity index (χ1) is 21.6. The number of nitriles is 1. The number of hydrogen-bond acceptors (Lipinski definition) is 6. The van der Waals surface area contributed by atoms with Crippen LogP contribution in [0.2, 0.25) is 25.7 Å². The number of hydrogen-bond donors (Lipinski definition) is 2. The number of rotatable bonds is 15. The highest BCUT2D eigenvalue weighted by Crippen LogP contribution is 2.40. The van der Waals surface area contributed by atoms with Crippen molar-refractivity contribution in [2.24, 2.45) is 16.8 Å². The van der Waals surface area contributed by atoms with Crippen molar-refractivity contribution in [3.63, 3.8) is 0 Å². The van der Waals surface area contributed by atoms with E-state index >= 15 is 0 Å². The monoisotopic (exact) mass is 641 g/mol. The van der Waals surface area contributed by atoms with Crippen molar-refractivity contribution in [2.75, 3.05) is 47.0 Å². The predicted octanol–water partition coefficient (Wildman–Crippen LogP) is 6.58. The summed E-state index contributed by atoms with van der Waals surface area (Å²) in [5.41, 5.74) is -0.0577. The molecule has 1 amide bonds. The van der Waals surface area contributed by atoms with E-state index in [0.29, 0.717) is 44.6 Å². The molecule has 0 spiro atoms. The second kappa shape index (κ2) is 18.5. The van der Waals surface area contributed by atoms with Gasteiger partial charge in [0.2, 0.25) is 12.2 Å². The van der Waals surface area contributed by atoms with Crippen molar-refractivity contribution in [3.05, 3.63) is 35.9 Å². The van der Waals surface area contributed by atoms with Gasteiger partial charge in [-0.15, -0.1) is 4.99 Å². The predicted molar refractivity (Wildman–Crippen MR) is 184 cm³/mol. The topological polar surface area (TPSA) is 110 Å². The molecule has 3 rings (SSSR count). The molecule has 2 fully saturated rings. The zero-order chi connectivity index (χ0) is 32.7. The number of amides is 1. The summed E-state index contributed by atoms with van der Waals surface area (Å²) < 4.78 is 10.9. The van der Waals surface area contributed by atoms with Crippen LogP contribution in [0.3, 0.4) is 0 Å². The van der Waals surface area contributed by atoms with Gasteiger partial charge in [0.05, 0.1) is 12.2 Å². The highest BCUT2D eigenvalue weighted by molar-refractivity contribution is 6.76. The number of guanidine groups is 1. The molecule has 1 heterocycles. The molecule has 10 heteroatoms. The summed E-state index contributed by atoms with van der Waals surface area (Å²) in [6, 6.07) is 10.9. The summed E-state index contributed by atoms with van der Waals surface area (Å²) in [6.45, 7) is 9.77. The molecule has 2 aliphatic rings. The van der Waals surface area contributed by atoms with Crippen LogP contribution in [-0.2, 0) is 15.1 Å². The molecular formula is C35H59N5O4Si. The van der Waals surface area contributed by atoms with E-state index in [2.05, 4.69) is 34.9 Å². The van der Waals surface area contributed by atoms with Gasteiger partial charge in [-0.25, -0.2) is 4.79 Å². The van der Waals surface area contributed by atoms with E-state index in [4.69, 9.17) is 9.47 Å². The maximum Gasteiger partial charge on any atom is 0.409 e. The van der Waals surface area contributed by atoms with Gasteiger partial charge in [-0.2, -0.15) is 5.26 Å². The SMILES string of the molecule is COCCCC[C@@](O)(c1ccccc1)[C@@H]1CCCN(/C(=N/C#N)N[C@@H](CC2CCCCC2)CN(C)C(=O)OCC[Si](C)(C)C)C1. The van der Waals surface area contributed by atoms with E-state index in [0.717, 1.165) is 50.3 Å². The van der Waals surface area contributed by atoms with E-state index < -0.39 is 13.7 Å². The molecule has 2 N–H and O–H groups in total. The molecule has 9 nitrogen and oxygen atoms in total. The molecular weight excluding hydrogens is 583 g/mol. The number of carbonyl (C=O) groups excluding carboxylic acids is 1. The standard InChI is InChI=1S/C35H59N5O4Si/c1-39(34(41)44-23-24-45(3,4)5)27-32(25-29-15-8-6-9-16-29)38-33(37-28-36)40-21-14-19-31(26-40)35(42,20-12-13-22-43-2)30-17-10-7-11-18-30/h7,10-11,17-18,29,31-32,42H,6,8-9,12-16,19-27H2,1-5H3,(H,37,38)/t31-,32+,35-/m1/s1. The number of aliphatic imine (C=N–C) groups is 1. The Hall–Kier alpha value is -2.61. The molecule has 1 saturated carbocycles. The molecule has 1 saturated heterocycles. The lowest BCUT2D eigenvalue weighted by molar-refractivity contribution is -0.0543. The van der Waals surface area contributed by atoms with Gasteiger partial charge in [0, 0.05) is 60.4 Å². The summed E-state index contributed by atoms with van der Waals surface area (Å²) in [6.07, 6.45) is 12.9. The highest BCUT2D eigenvalue weighted by Gasteiger charge is 2.41. The van der Waals surface area contributed by atoms with Crippen LogP contribution < -0.4 is 5.32 Å². The normalized spacial score (nSPS) is 20.2. The van der Waals surface area contributed by atoms with Crippen molar-refractivity contribution in [3.8, 4) is 6.19 Å². The van der Waals surface area contributed by atoms with Crippen LogP contribution >= 0.6 is 0 Å². The Morgan fingerprint density at radius 2 is 1.89 bits per heavy atom. The Labute approximate surface area is 273 Å². The first kappa shape index (κ1) is 36.9. The average Bonchev–Trinajstić information content (AvgIpc) is 3.03. The Kier molecular flexibility index (Phi) is 15.2. The number of piperidine rings is 1. The van der Waals surface area contributed by atoms with Crippen LogP contribution in [-0.4, -0.2) is 88.1 Å². The molecule has 0 bridgehead atoms. The number of aliphatic hydroxyl groups is 1. The molecule has 1 aromatic carbocycles. The largest absolute Gasteiger partial charge is 0.450 e. The van der Waals surface area contributed by atoms with Gasteiger partial charge >= 0.3 is 6.09 Å². The van der Waals surface area contributed by atoms with E-state index in [1.165, 1.54) is 32.1 Å². The number of ether oxygens (including phenoxy) is 2. The molecule has 3 atom stereocenters. The Morgan fingerprint density at radius 1 is 1.16 bits per heavy atom. The maximum atomic E-state index is 12.9. The number of carbonyl (C=O) groups is 1.